The molecule has 3 fully saturated rings. The topological polar surface area (TPSA) is 67.2 Å². The molecule has 1 amide bonds. The van der Waals surface area contributed by atoms with E-state index in [1.54, 1.807) is 12.4 Å². The molecule has 1 aliphatic carbocycles. The number of carbonyl (C=O) groups excluding carboxylic acids is 1. The normalized spacial score (nSPS) is 23.4. The van der Waals surface area contributed by atoms with Crippen LogP contribution >= 0.6 is 12.4 Å². The Morgan fingerprint density at radius 3 is 2.36 bits per heavy atom. The van der Waals surface area contributed by atoms with Gasteiger partial charge in [0.2, 0.25) is 5.95 Å². The monoisotopic (exact) mass is 506 g/mol. The molecule has 2 aliphatic heterocycles. The molecule has 36 heavy (non-hydrogen) atoms. The van der Waals surface area contributed by atoms with Crippen molar-refractivity contribution in [1.82, 2.24) is 24.6 Å². The van der Waals surface area contributed by atoms with Gasteiger partial charge in [-0.3, -0.25) is 9.48 Å². The Kier molecular flexibility index (Phi) is 6.77. The quantitative estimate of drug-likeness (QED) is 0.494. The molecule has 6 rings (SSSR count). The van der Waals surface area contributed by atoms with Gasteiger partial charge in [0.15, 0.2) is 0 Å². The van der Waals surface area contributed by atoms with Crippen molar-refractivity contribution in [3.05, 3.63) is 71.8 Å². The van der Waals surface area contributed by atoms with E-state index in [1.807, 2.05) is 12.3 Å². The molecule has 0 unspecified atom stereocenters. The number of halogens is 1. The molecule has 7 nitrogen and oxygen atoms in total. The Morgan fingerprint density at radius 2 is 1.69 bits per heavy atom. The van der Waals surface area contributed by atoms with E-state index in [2.05, 4.69) is 68.6 Å². The average Bonchev–Trinajstić information content (AvgIpc) is 3.30. The van der Waals surface area contributed by atoms with Crippen molar-refractivity contribution in [3.8, 4) is 0 Å². The molecule has 2 atom stereocenters. The predicted octanol–water partition coefficient (Wildman–Crippen LogP) is 4.86. The highest BCUT2D eigenvalue weighted by molar-refractivity contribution is 5.96. The zero-order valence-corrected chi connectivity index (χ0v) is 21.9. The van der Waals surface area contributed by atoms with Gasteiger partial charge in [0.25, 0.3) is 5.91 Å². The van der Waals surface area contributed by atoms with Gasteiger partial charge >= 0.3 is 0 Å². The highest BCUT2D eigenvalue weighted by Crippen LogP contribution is 2.50. The molecule has 0 spiro atoms. The van der Waals surface area contributed by atoms with Crippen molar-refractivity contribution >= 4 is 24.3 Å². The number of hydrogen-bond acceptors (Lipinski definition) is 5. The van der Waals surface area contributed by atoms with Gasteiger partial charge in [-0.1, -0.05) is 44.2 Å². The highest BCUT2D eigenvalue weighted by Gasteiger charge is 2.47. The number of benzene rings is 1. The first-order chi connectivity index (χ1) is 17.0. The van der Waals surface area contributed by atoms with Crippen LogP contribution in [0, 0.1) is 5.92 Å². The first kappa shape index (κ1) is 24.8. The molecular weight excluding hydrogens is 472 g/mol. The lowest BCUT2D eigenvalue weighted by atomic mass is 9.90. The number of carbonyl (C=O) groups is 1. The van der Waals surface area contributed by atoms with Crippen molar-refractivity contribution in [2.45, 2.75) is 56.9 Å². The highest BCUT2D eigenvalue weighted by atomic mass is 35.5. The number of hydrogen-bond donors (Lipinski definition) is 0. The van der Waals surface area contributed by atoms with E-state index in [1.165, 1.54) is 5.56 Å². The second-order valence-corrected chi connectivity index (χ2v) is 10.9. The minimum Gasteiger partial charge on any atom is -0.341 e. The number of piperidine rings is 1. The fourth-order valence-electron chi connectivity index (χ4n) is 6.02. The third-order valence-electron chi connectivity index (χ3n) is 8.37. The van der Waals surface area contributed by atoms with Crippen LogP contribution in [0.25, 0.3) is 0 Å². The fraction of sp³-hybridized carbons (Fsp3) is 0.500. The molecule has 1 aromatic carbocycles. The van der Waals surface area contributed by atoms with Gasteiger partial charge in [-0.25, -0.2) is 9.97 Å². The summed E-state index contributed by atoms with van der Waals surface area (Å²) in [6.07, 6.45) is 9.66. The van der Waals surface area contributed by atoms with Crippen LogP contribution in [-0.4, -0.2) is 56.7 Å². The molecule has 0 bridgehead atoms. The van der Waals surface area contributed by atoms with Crippen LogP contribution in [0.15, 0.2) is 55.0 Å². The lowest BCUT2D eigenvalue weighted by Gasteiger charge is -2.33. The van der Waals surface area contributed by atoms with Gasteiger partial charge in [0.05, 0.1) is 23.5 Å². The maximum absolute atomic E-state index is 13.8. The van der Waals surface area contributed by atoms with E-state index in [-0.39, 0.29) is 23.7 Å². The first-order valence-electron chi connectivity index (χ1n) is 13.0. The molecular formula is C28H35ClN6O. The Morgan fingerprint density at radius 1 is 1.00 bits per heavy atom. The Balaban J connectivity index is 0.00000267. The summed E-state index contributed by atoms with van der Waals surface area (Å²) in [6, 6.07) is 12.8. The summed E-state index contributed by atoms with van der Waals surface area (Å²) < 4.78 is 2.21. The van der Waals surface area contributed by atoms with Crippen molar-refractivity contribution in [2.75, 3.05) is 31.1 Å². The van der Waals surface area contributed by atoms with Gasteiger partial charge < -0.3 is 9.80 Å². The van der Waals surface area contributed by atoms with Gasteiger partial charge in [-0.05, 0) is 43.2 Å². The molecule has 2 aromatic heterocycles. The van der Waals surface area contributed by atoms with Gasteiger partial charge in [0, 0.05) is 49.9 Å². The van der Waals surface area contributed by atoms with Crippen LogP contribution in [0.4, 0.5) is 5.95 Å². The summed E-state index contributed by atoms with van der Waals surface area (Å²) in [5, 5.41) is 4.85. The van der Waals surface area contributed by atoms with Crippen molar-refractivity contribution in [1.29, 1.82) is 0 Å². The van der Waals surface area contributed by atoms with Crippen LogP contribution in [0.3, 0.4) is 0 Å². The van der Waals surface area contributed by atoms with Gasteiger partial charge in [-0.2, -0.15) is 5.10 Å². The second-order valence-electron chi connectivity index (χ2n) is 10.9. The van der Waals surface area contributed by atoms with Crippen LogP contribution in [-0.2, 0) is 5.41 Å². The van der Waals surface area contributed by atoms with Crippen LogP contribution in [0.5, 0.6) is 0 Å². The van der Waals surface area contributed by atoms with E-state index in [4.69, 9.17) is 5.10 Å². The summed E-state index contributed by atoms with van der Waals surface area (Å²) in [6.45, 7) is 7.94. The number of aromatic nitrogens is 4. The van der Waals surface area contributed by atoms with E-state index < -0.39 is 0 Å². The van der Waals surface area contributed by atoms with Gasteiger partial charge in [0.1, 0.15) is 0 Å². The SMILES string of the molecule is C[C@@H]1CN(C(=O)c2cnn(C3CCN(c4ncccn4)CC3)c2C2(C)CC2)C[C@H]1c1ccccc1.Cl. The number of anilines is 1. The largest absolute Gasteiger partial charge is 0.341 e. The van der Waals surface area contributed by atoms with E-state index in [0.29, 0.717) is 17.9 Å². The summed E-state index contributed by atoms with van der Waals surface area (Å²) in [5.74, 6) is 1.79. The third kappa shape index (κ3) is 4.49. The van der Waals surface area contributed by atoms with Crippen molar-refractivity contribution in [2.24, 2.45) is 5.92 Å². The number of rotatable bonds is 5. The summed E-state index contributed by atoms with van der Waals surface area (Å²) in [5.41, 5.74) is 3.37. The zero-order chi connectivity index (χ0) is 24.0. The summed E-state index contributed by atoms with van der Waals surface area (Å²) in [7, 11) is 0. The number of nitrogens with zero attached hydrogens (tertiary/aromatic N) is 6. The van der Waals surface area contributed by atoms with Crippen LogP contribution in [0.1, 0.15) is 73.1 Å². The Labute approximate surface area is 219 Å². The van der Waals surface area contributed by atoms with Crippen molar-refractivity contribution < 1.29 is 4.79 Å². The van der Waals surface area contributed by atoms with Gasteiger partial charge in [-0.15, -0.1) is 12.4 Å². The molecule has 8 heteroatoms. The number of likely N-dealkylation sites (tertiary alicyclic amines) is 1. The molecule has 2 saturated heterocycles. The number of amides is 1. The Bertz CT molecular complexity index is 1190. The molecule has 4 heterocycles. The average molecular weight is 507 g/mol. The third-order valence-corrected chi connectivity index (χ3v) is 8.37. The maximum atomic E-state index is 13.8. The Hall–Kier alpha value is -2.93. The lowest BCUT2D eigenvalue weighted by molar-refractivity contribution is 0.0784. The molecule has 0 N–H and O–H groups in total. The standard InChI is InChI=1S/C28H34N6O.ClH/c1-20-18-33(19-24(20)21-7-4-3-5-8-21)26(35)23-17-31-34(25(23)28(2)11-12-28)22-9-15-32(16-10-22)27-29-13-6-14-30-27;/h3-8,13-14,17,20,22,24H,9-12,15-16,18-19H2,1-2H3;1H/t20-,24-;/m1./s1. The molecule has 3 aromatic rings. The second kappa shape index (κ2) is 9.85. The predicted molar refractivity (Wildman–Crippen MR) is 143 cm³/mol. The van der Waals surface area contributed by atoms with E-state index >= 15 is 0 Å². The van der Waals surface area contributed by atoms with Crippen molar-refractivity contribution in [3.63, 3.8) is 0 Å². The fourth-order valence-corrected chi connectivity index (χ4v) is 6.02. The first-order valence-corrected chi connectivity index (χ1v) is 13.0. The molecule has 3 aliphatic rings. The summed E-state index contributed by atoms with van der Waals surface area (Å²) in [4.78, 5) is 27.0. The lowest BCUT2D eigenvalue weighted by Crippen LogP contribution is -2.37. The molecule has 0 radical (unpaired) electrons. The molecule has 190 valence electrons. The van der Waals surface area contributed by atoms with Crippen LogP contribution in [0.2, 0.25) is 0 Å². The zero-order valence-electron chi connectivity index (χ0n) is 21.1. The maximum Gasteiger partial charge on any atom is 0.257 e. The van der Waals surface area contributed by atoms with Crippen LogP contribution < -0.4 is 4.90 Å². The van der Waals surface area contributed by atoms with E-state index in [0.717, 1.165) is 69.1 Å². The smallest absolute Gasteiger partial charge is 0.257 e. The minimum atomic E-state index is 0. The summed E-state index contributed by atoms with van der Waals surface area (Å²) >= 11 is 0. The minimum absolute atomic E-state index is 0. The van der Waals surface area contributed by atoms with E-state index in [9.17, 15) is 4.79 Å². The molecule has 1 saturated carbocycles.